The van der Waals surface area contributed by atoms with Crippen molar-refractivity contribution in [1.82, 2.24) is 10.2 Å². The second kappa shape index (κ2) is 9.63. The maximum Gasteiger partial charge on any atom is 0.322 e. The van der Waals surface area contributed by atoms with E-state index in [0.717, 1.165) is 0 Å². The molecule has 2 N–H and O–H groups in total. The number of hydrogen-bond donors (Lipinski definition) is 2. The predicted molar refractivity (Wildman–Crippen MR) is 124 cm³/mol. The molecule has 1 heterocycles. The molecule has 1 saturated heterocycles. The first kappa shape index (κ1) is 21.8. The molecule has 1 aliphatic rings. The summed E-state index contributed by atoms with van der Waals surface area (Å²) in [6.45, 7) is 1.66. The third kappa shape index (κ3) is 5.07. The highest BCUT2D eigenvalue weighted by molar-refractivity contribution is 14.1. The molecule has 0 spiro atoms. The summed E-state index contributed by atoms with van der Waals surface area (Å²) in [6.07, 6.45) is 0. The molecular weight excluding hydrogens is 784 g/mol. The van der Waals surface area contributed by atoms with Gasteiger partial charge in [0, 0.05) is 27.4 Å². The molecule has 0 unspecified atom stereocenters. The zero-order chi connectivity index (χ0) is 18.7. The second-order valence-electron chi connectivity index (χ2n) is 4.99. The van der Waals surface area contributed by atoms with E-state index in [0.29, 0.717) is 51.7 Å². The zero-order valence-electron chi connectivity index (χ0n) is 12.6. The molecule has 2 rings (SSSR count). The average molecular weight is 796 g/mol. The van der Waals surface area contributed by atoms with E-state index in [1.54, 1.807) is 4.90 Å². The van der Waals surface area contributed by atoms with E-state index in [9.17, 15) is 14.4 Å². The number of carboxylic acid groups (broad SMARTS) is 1. The topological polar surface area (TPSA) is 95.9 Å². The molecule has 0 radical (unpaired) electrons. The van der Waals surface area contributed by atoms with Gasteiger partial charge in [-0.05, 0) is 90.4 Å². The highest BCUT2D eigenvalue weighted by atomic mass is 127. The lowest BCUT2D eigenvalue weighted by Crippen LogP contribution is -2.41. The molecule has 25 heavy (non-hydrogen) atoms. The smallest absolute Gasteiger partial charge is 0.322 e. The van der Waals surface area contributed by atoms with E-state index in [2.05, 4.69) is 50.5 Å². The van der Waals surface area contributed by atoms with Crippen LogP contribution in [0.1, 0.15) is 20.7 Å². The van der Waals surface area contributed by atoms with Crippen molar-refractivity contribution in [2.45, 2.75) is 0 Å². The van der Waals surface area contributed by atoms with Gasteiger partial charge in [0.2, 0.25) is 0 Å². The minimum Gasteiger partial charge on any atom is -0.480 e. The summed E-state index contributed by atoms with van der Waals surface area (Å²) >= 11 is 8.20. The molecule has 2 amide bonds. The number of aliphatic carboxylic acids is 1. The van der Waals surface area contributed by atoms with Crippen LogP contribution in [0.2, 0.25) is 0 Å². The molecule has 0 aromatic heterocycles. The van der Waals surface area contributed by atoms with Gasteiger partial charge < -0.3 is 20.1 Å². The Labute approximate surface area is 198 Å². The summed E-state index contributed by atoms with van der Waals surface area (Å²) in [5.41, 5.74) is 0.974. The Balaban J connectivity index is 2.43. The standard InChI is InChI=1S/C14H12I4N2O5/c15-9-7(13(23)19-5-6(21)22)10(16)12(18)8(11(9)17)14(24)20-1-3-25-4-2-20/h1-5H2,(H,19,23)(H,21,22). The van der Waals surface area contributed by atoms with E-state index in [1.165, 1.54) is 0 Å². The number of ether oxygens (including phenoxy) is 1. The predicted octanol–water partition coefficient (Wildman–Crippen LogP) is 2.39. The third-order valence-electron chi connectivity index (χ3n) is 3.40. The van der Waals surface area contributed by atoms with Crippen LogP contribution in [0.25, 0.3) is 0 Å². The number of carbonyl (C=O) groups excluding carboxylic acids is 2. The molecule has 1 aromatic rings. The summed E-state index contributed by atoms with van der Waals surface area (Å²) in [6, 6.07) is 0. The molecule has 0 aliphatic carbocycles. The molecule has 136 valence electrons. The van der Waals surface area contributed by atoms with Crippen LogP contribution in [0.4, 0.5) is 0 Å². The first-order chi connectivity index (χ1) is 11.8. The lowest BCUT2D eigenvalue weighted by Gasteiger charge is -2.28. The average Bonchev–Trinajstić information content (AvgIpc) is 2.59. The fourth-order valence-corrected chi connectivity index (χ4v) is 6.33. The van der Waals surface area contributed by atoms with Gasteiger partial charge in [-0.3, -0.25) is 14.4 Å². The van der Waals surface area contributed by atoms with Gasteiger partial charge in [0.1, 0.15) is 6.54 Å². The number of carbonyl (C=O) groups is 3. The summed E-state index contributed by atoms with van der Waals surface area (Å²) in [4.78, 5) is 37.7. The number of nitrogens with one attached hydrogen (secondary N) is 1. The van der Waals surface area contributed by atoms with Crippen molar-refractivity contribution in [3.05, 3.63) is 25.4 Å². The van der Waals surface area contributed by atoms with Crippen molar-refractivity contribution >= 4 is 108 Å². The quantitative estimate of drug-likeness (QED) is 0.361. The maximum absolute atomic E-state index is 12.9. The molecule has 1 aliphatic heterocycles. The fourth-order valence-electron chi connectivity index (χ4n) is 2.19. The van der Waals surface area contributed by atoms with Gasteiger partial charge in [0.15, 0.2) is 0 Å². The molecule has 1 fully saturated rings. The minimum atomic E-state index is -1.11. The zero-order valence-corrected chi connectivity index (χ0v) is 21.2. The van der Waals surface area contributed by atoms with Gasteiger partial charge in [-0.15, -0.1) is 0 Å². The largest absolute Gasteiger partial charge is 0.480 e. The highest BCUT2D eigenvalue weighted by Crippen LogP contribution is 2.33. The maximum atomic E-state index is 12.9. The molecule has 1 aromatic carbocycles. The van der Waals surface area contributed by atoms with Crippen molar-refractivity contribution in [3.63, 3.8) is 0 Å². The Kier molecular flexibility index (Phi) is 8.40. The number of morpholine rings is 1. The van der Waals surface area contributed by atoms with E-state index in [4.69, 9.17) is 9.84 Å². The Hall–Kier alpha value is 0.510. The van der Waals surface area contributed by atoms with Gasteiger partial charge in [0.05, 0.1) is 24.3 Å². The number of carboxylic acids is 1. The second-order valence-corrected chi connectivity index (χ2v) is 9.30. The Morgan fingerprint density at radius 3 is 1.92 bits per heavy atom. The van der Waals surface area contributed by atoms with Crippen LogP contribution in [0.3, 0.4) is 0 Å². The SMILES string of the molecule is O=C(O)CNC(=O)c1c(I)c(I)c(C(=O)N2CCOCC2)c(I)c1I. The first-order valence-electron chi connectivity index (χ1n) is 6.98. The van der Waals surface area contributed by atoms with Crippen LogP contribution in [0.15, 0.2) is 0 Å². The summed E-state index contributed by atoms with van der Waals surface area (Å²) < 4.78 is 7.96. The van der Waals surface area contributed by atoms with Gasteiger partial charge >= 0.3 is 5.97 Å². The number of amides is 2. The molecular formula is C14H12I4N2O5. The fraction of sp³-hybridized carbons (Fsp3) is 0.357. The normalized spacial score (nSPS) is 14.3. The lowest BCUT2D eigenvalue weighted by atomic mass is 10.1. The molecule has 11 heteroatoms. The van der Waals surface area contributed by atoms with Gasteiger partial charge in [-0.2, -0.15) is 0 Å². The van der Waals surface area contributed by atoms with Crippen LogP contribution in [0, 0.1) is 14.3 Å². The first-order valence-corrected chi connectivity index (χ1v) is 11.3. The van der Waals surface area contributed by atoms with E-state index in [-0.39, 0.29) is 5.91 Å². The molecule has 0 atom stereocenters. The van der Waals surface area contributed by atoms with Crippen molar-refractivity contribution in [2.75, 3.05) is 32.8 Å². The van der Waals surface area contributed by atoms with Crippen LogP contribution >= 0.6 is 90.4 Å². The van der Waals surface area contributed by atoms with Gasteiger partial charge in [-0.25, -0.2) is 0 Å². The van der Waals surface area contributed by atoms with E-state index in [1.807, 2.05) is 45.2 Å². The van der Waals surface area contributed by atoms with Crippen LogP contribution < -0.4 is 5.32 Å². The van der Waals surface area contributed by atoms with Crippen LogP contribution in [0.5, 0.6) is 0 Å². The number of nitrogens with zero attached hydrogens (tertiary/aromatic N) is 1. The number of halogens is 4. The minimum absolute atomic E-state index is 0.0783. The molecule has 0 saturated carbocycles. The van der Waals surface area contributed by atoms with Crippen molar-refractivity contribution in [1.29, 1.82) is 0 Å². The summed E-state index contributed by atoms with van der Waals surface area (Å²) in [5.74, 6) is -1.65. The van der Waals surface area contributed by atoms with Gasteiger partial charge in [-0.1, -0.05) is 0 Å². The molecule has 7 nitrogen and oxygen atoms in total. The molecule has 0 bridgehead atoms. The number of benzene rings is 1. The van der Waals surface area contributed by atoms with Gasteiger partial charge in [0.25, 0.3) is 11.8 Å². The summed E-state index contributed by atoms with van der Waals surface area (Å²) in [7, 11) is 0. The van der Waals surface area contributed by atoms with E-state index >= 15 is 0 Å². The number of hydrogen-bond acceptors (Lipinski definition) is 4. The van der Waals surface area contributed by atoms with Crippen molar-refractivity contribution < 1.29 is 24.2 Å². The van der Waals surface area contributed by atoms with Crippen molar-refractivity contribution in [2.24, 2.45) is 0 Å². The highest BCUT2D eigenvalue weighted by Gasteiger charge is 2.29. The van der Waals surface area contributed by atoms with Crippen LogP contribution in [-0.2, 0) is 9.53 Å². The van der Waals surface area contributed by atoms with E-state index < -0.39 is 18.4 Å². The number of rotatable bonds is 4. The van der Waals surface area contributed by atoms with Crippen molar-refractivity contribution in [3.8, 4) is 0 Å². The Morgan fingerprint density at radius 2 is 1.44 bits per heavy atom. The third-order valence-corrected chi connectivity index (χ3v) is 9.78. The Morgan fingerprint density at radius 1 is 0.960 bits per heavy atom. The summed E-state index contributed by atoms with van der Waals surface area (Å²) in [5, 5.41) is 11.1. The monoisotopic (exact) mass is 796 g/mol. The van der Waals surface area contributed by atoms with Crippen LogP contribution in [-0.4, -0.2) is 60.6 Å². The Bertz CT molecular complexity index is 705. The lowest BCUT2D eigenvalue weighted by molar-refractivity contribution is -0.135.